The van der Waals surface area contributed by atoms with E-state index in [0.717, 1.165) is 18.7 Å². The number of hydrogen-bond acceptors (Lipinski definition) is 4. The van der Waals surface area contributed by atoms with E-state index in [0.29, 0.717) is 5.69 Å². The number of rotatable bonds is 6. The predicted molar refractivity (Wildman–Crippen MR) is 76.3 cm³/mol. The van der Waals surface area contributed by atoms with Gasteiger partial charge in [-0.2, -0.15) is 0 Å². The van der Waals surface area contributed by atoms with Crippen LogP contribution in [-0.2, 0) is 0 Å². The van der Waals surface area contributed by atoms with Gasteiger partial charge in [0, 0.05) is 13.6 Å². The summed E-state index contributed by atoms with van der Waals surface area (Å²) in [5.74, 6) is -0.193. The van der Waals surface area contributed by atoms with Crippen molar-refractivity contribution >= 4 is 11.6 Å². The Kier molecular flexibility index (Phi) is 5.30. The van der Waals surface area contributed by atoms with Crippen molar-refractivity contribution in [3.05, 3.63) is 24.0 Å². The van der Waals surface area contributed by atoms with Gasteiger partial charge < -0.3 is 15.3 Å². The number of aromatic nitrogens is 1. The number of hydrogen-bond donors (Lipinski definition) is 2. The summed E-state index contributed by atoms with van der Waals surface area (Å²) in [4.78, 5) is 17.9. The summed E-state index contributed by atoms with van der Waals surface area (Å²) in [5.41, 5.74) is 0.686. The van der Waals surface area contributed by atoms with Crippen molar-refractivity contribution in [3.8, 4) is 0 Å². The molecule has 0 saturated carbocycles. The van der Waals surface area contributed by atoms with Crippen molar-refractivity contribution in [2.24, 2.45) is 0 Å². The molecule has 0 spiro atoms. The third-order valence-electron chi connectivity index (χ3n) is 3.16. The Balaban J connectivity index is 2.78. The number of carbonyl (C=O) groups is 1. The van der Waals surface area contributed by atoms with Gasteiger partial charge in [0.2, 0.25) is 0 Å². The van der Waals surface area contributed by atoms with Crippen LogP contribution in [0.3, 0.4) is 0 Å². The first kappa shape index (κ1) is 15.4. The van der Waals surface area contributed by atoms with Crippen molar-refractivity contribution in [2.45, 2.75) is 32.7 Å². The number of nitrogens with one attached hydrogen (secondary N) is 1. The number of nitrogens with zero attached hydrogens (tertiary/aromatic N) is 2. The van der Waals surface area contributed by atoms with Crippen molar-refractivity contribution in [1.82, 2.24) is 9.88 Å². The van der Waals surface area contributed by atoms with Crippen LogP contribution in [0, 0.1) is 0 Å². The van der Waals surface area contributed by atoms with Crippen LogP contribution in [0.25, 0.3) is 0 Å². The maximum Gasteiger partial charge on any atom is 0.272 e. The van der Waals surface area contributed by atoms with E-state index in [2.05, 4.69) is 17.2 Å². The van der Waals surface area contributed by atoms with E-state index in [1.54, 1.807) is 19.3 Å². The zero-order valence-corrected chi connectivity index (χ0v) is 12.1. The third kappa shape index (κ3) is 3.92. The van der Waals surface area contributed by atoms with E-state index >= 15 is 0 Å². The maximum atomic E-state index is 12.2. The summed E-state index contributed by atoms with van der Waals surface area (Å²) in [5, 5.41) is 12.5. The fourth-order valence-electron chi connectivity index (χ4n) is 1.45. The van der Waals surface area contributed by atoms with Crippen LogP contribution in [0.1, 0.15) is 37.7 Å². The van der Waals surface area contributed by atoms with Crippen LogP contribution >= 0.6 is 0 Å². The first-order valence-electron chi connectivity index (χ1n) is 6.51. The van der Waals surface area contributed by atoms with Gasteiger partial charge >= 0.3 is 0 Å². The van der Waals surface area contributed by atoms with Crippen LogP contribution in [0.2, 0.25) is 0 Å². The lowest BCUT2D eigenvalue weighted by Gasteiger charge is -2.33. The standard InChI is InChI=1S/C14H23N3O2/c1-5-8-15-11-6-7-12(16-9-11)13(19)17(4)14(2,3)10-18/h6-7,9,15,18H,5,8,10H2,1-4H3. The van der Waals surface area contributed by atoms with Crippen LogP contribution in [-0.4, -0.2) is 46.6 Å². The van der Waals surface area contributed by atoms with E-state index in [1.807, 2.05) is 19.9 Å². The molecule has 1 amide bonds. The maximum absolute atomic E-state index is 12.2. The first-order valence-corrected chi connectivity index (χ1v) is 6.51. The highest BCUT2D eigenvalue weighted by Gasteiger charge is 2.28. The summed E-state index contributed by atoms with van der Waals surface area (Å²) in [6, 6.07) is 3.54. The molecule has 5 nitrogen and oxygen atoms in total. The Labute approximate surface area is 114 Å². The molecule has 19 heavy (non-hydrogen) atoms. The molecule has 106 valence electrons. The number of pyridine rings is 1. The second-order valence-electron chi connectivity index (χ2n) is 5.19. The summed E-state index contributed by atoms with van der Waals surface area (Å²) in [6.45, 7) is 6.49. The quantitative estimate of drug-likeness (QED) is 0.822. The Hall–Kier alpha value is -1.62. The second-order valence-corrected chi connectivity index (χ2v) is 5.19. The molecule has 0 bridgehead atoms. The monoisotopic (exact) mass is 265 g/mol. The van der Waals surface area contributed by atoms with E-state index in [1.165, 1.54) is 4.90 Å². The van der Waals surface area contributed by atoms with Gasteiger partial charge in [-0.1, -0.05) is 6.92 Å². The van der Waals surface area contributed by atoms with Crippen LogP contribution < -0.4 is 5.32 Å². The van der Waals surface area contributed by atoms with Gasteiger partial charge in [0.1, 0.15) is 5.69 Å². The lowest BCUT2D eigenvalue weighted by Crippen LogP contribution is -2.47. The molecule has 2 N–H and O–H groups in total. The number of likely N-dealkylation sites (N-methyl/N-ethyl adjacent to an activating group) is 1. The molecule has 0 aliphatic heterocycles. The molecule has 0 aromatic carbocycles. The highest BCUT2D eigenvalue weighted by Crippen LogP contribution is 2.15. The van der Waals surface area contributed by atoms with Crippen LogP contribution in [0.4, 0.5) is 5.69 Å². The van der Waals surface area contributed by atoms with E-state index in [-0.39, 0.29) is 12.5 Å². The highest BCUT2D eigenvalue weighted by atomic mass is 16.3. The molecule has 1 rings (SSSR count). The normalized spacial score (nSPS) is 11.2. The summed E-state index contributed by atoms with van der Waals surface area (Å²) >= 11 is 0. The Morgan fingerprint density at radius 1 is 1.47 bits per heavy atom. The molecule has 0 atom stereocenters. The van der Waals surface area contributed by atoms with Gasteiger partial charge in [0.15, 0.2) is 0 Å². The van der Waals surface area contributed by atoms with Crippen molar-refractivity contribution in [3.63, 3.8) is 0 Å². The number of aliphatic hydroxyl groups is 1. The summed E-state index contributed by atoms with van der Waals surface area (Å²) < 4.78 is 0. The number of carbonyl (C=O) groups excluding carboxylic acids is 1. The Morgan fingerprint density at radius 2 is 2.16 bits per heavy atom. The minimum Gasteiger partial charge on any atom is -0.394 e. The summed E-state index contributed by atoms with van der Waals surface area (Å²) in [6.07, 6.45) is 2.69. The highest BCUT2D eigenvalue weighted by molar-refractivity contribution is 5.92. The molecule has 5 heteroatoms. The van der Waals surface area contributed by atoms with Crippen LogP contribution in [0.15, 0.2) is 18.3 Å². The largest absolute Gasteiger partial charge is 0.394 e. The number of anilines is 1. The fourth-order valence-corrected chi connectivity index (χ4v) is 1.45. The van der Waals surface area contributed by atoms with Crippen molar-refractivity contribution in [2.75, 3.05) is 25.5 Å². The Morgan fingerprint density at radius 3 is 2.63 bits per heavy atom. The molecular weight excluding hydrogens is 242 g/mol. The molecule has 1 aromatic rings. The van der Waals surface area contributed by atoms with E-state index in [4.69, 9.17) is 0 Å². The first-order chi connectivity index (χ1) is 8.92. The second kappa shape index (κ2) is 6.52. The van der Waals surface area contributed by atoms with Crippen molar-refractivity contribution in [1.29, 1.82) is 0 Å². The predicted octanol–water partition coefficient (Wildman–Crippen LogP) is 1.75. The number of amides is 1. The topological polar surface area (TPSA) is 65.5 Å². The molecule has 1 heterocycles. The SMILES string of the molecule is CCCNc1ccc(C(=O)N(C)C(C)(C)CO)nc1. The van der Waals surface area contributed by atoms with E-state index in [9.17, 15) is 9.90 Å². The lowest BCUT2D eigenvalue weighted by atomic mass is 10.0. The van der Waals surface area contributed by atoms with Crippen LogP contribution in [0.5, 0.6) is 0 Å². The molecule has 0 unspecified atom stereocenters. The molecule has 0 aliphatic rings. The van der Waals surface area contributed by atoms with Gasteiger partial charge in [-0.3, -0.25) is 4.79 Å². The molecule has 0 aliphatic carbocycles. The zero-order valence-electron chi connectivity index (χ0n) is 12.1. The van der Waals surface area contributed by atoms with E-state index < -0.39 is 5.54 Å². The van der Waals surface area contributed by atoms with Gasteiger partial charge in [0.05, 0.1) is 24.0 Å². The smallest absolute Gasteiger partial charge is 0.272 e. The molecule has 0 fully saturated rings. The third-order valence-corrected chi connectivity index (χ3v) is 3.16. The average molecular weight is 265 g/mol. The van der Waals surface area contributed by atoms with Gasteiger partial charge in [-0.05, 0) is 32.4 Å². The molecule has 0 saturated heterocycles. The molecule has 0 radical (unpaired) electrons. The minimum atomic E-state index is -0.599. The minimum absolute atomic E-state index is 0.0919. The number of aliphatic hydroxyl groups excluding tert-OH is 1. The lowest BCUT2D eigenvalue weighted by molar-refractivity contribution is 0.0468. The van der Waals surface area contributed by atoms with Gasteiger partial charge in [0.25, 0.3) is 5.91 Å². The molecular formula is C14H23N3O2. The van der Waals surface area contributed by atoms with Crippen molar-refractivity contribution < 1.29 is 9.90 Å². The summed E-state index contributed by atoms with van der Waals surface area (Å²) in [7, 11) is 1.67. The zero-order chi connectivity index (χ0) is 14.5. The Bertz CT molecular complexity index is 415. The van der Waals surface area contributed by atoms with Gasteiger partial charge in [-0.15, -0.1) is 0 Å². The molecule has 1 aromatic heterocycles. The van der Waals surface area contributed by atoms with Gasteiger partial charge in [-0.25, -0.2) is 4.98 Å². The average Bonchev–Trinajstić information content (AvgIpc) is 2.44. The fraction of sp³-hybridized carbons (Fsp3) is 0.571.